The molecule has 0 bridgehead atoms. The van der Waals surface area contributed by atoms with Crippen LogP contribution in [0, 0.1) is 0 Å². The number of hydrogen-bond acceptors (Lipinski definition) is 7. The Hall–Kier alpha value is -3.29. The Bertz CT molecular complexity index is 1010. The van der Waals surface area contributed by atoms with Crippen LogP contribution in [0.1, 0.15) is 55.1 Å². The highest BCUT2D eigenvalue weighted by Gasteiger charge is 2.15. The summed E-state index contributed by atoms with van der Waals surface area (Å²) in [6.45, 7) is 6.42. The predicted molar refractivity (Wildman–Crippen MR) is 102 cm³/mol. The first-order chi connectivity index (χ1) is 13.5. The molecule has 3 aromatic rings. The maximum atomic E-state index is 12.2. The second kappa shape index (κ2) is 8.60. The quantitative estimate of drug-likeness (QED) is 0.579. The van der Waals surface area contributed by atoms with Crippen LogP contribution in [0.2, 0.25) is 0 Å². The molecule has 146 valence electrons. The lowest BCUT2D eigenvalue weighted by Crippen LogP contribution is -2.24. The molecular weight excluding hydrogens is 360 g/mol. The van der Waals surface area contributed by atoms with E-state index in [-0.39, 0.29) is 23.8 Å². The van der Waals surface area contributed by atoms with Gasteiger partial charge in [-0.05, 0) is 24.0 Å². The van der Waals surface area contributed by atoms with Crippen molar-refractivity contribution >= 4 is 5.97 Å². The summed E-state index contributed by atoms with van der Waals surface area (Å²) in [4.78, 5) is 28.1. The largest absolute Gasteiger partial charge is 0.451 e. The Morgan fingerprint density at radius 1 is 1.18 bits per heavy atom. The molecule has 0 fully saturated rings. The number of esters is 1. The van der Waals surface area contributed by atoms with Crippen molar-refractivity contribution in [1.29, 1.82) is 0 Å². The zero-order chi connectivity index (χ0) is 20.1. The van der Waals surface area contributed by atoms with Gasteiger partial charge < -0.3 is 9.26 Å². The Morgan fingerprint density at radius 3 is 2.61 bits per heavy atom. The van der Waals surface area contributed by atoms with Gasteiger partial charge in [0.2, 0.25) is 5.82 Å². The molecule has 1 aromatic carbocycles. The zero-order valence-electron chi connectivity index (χ0n) is 16.1. The van der Waals surface area contributed by atoms with Crippen molar-refractivity contribution in [2.75, 3.05) is 0 Å². The van der Waals surface area contributed by atoms with E-state index >= 15 is 0 Å². The molecule has 2 aromatic heterocycles. The SMILES string of the molecule is CCCn1nc(C(=O)OCc2nc(-c3ccc(C(C)C)cc3)no2)ccc1=O. The Balaban J connectivity index is 1.65. The fraction of sp³-hybridized carbons (Fsp3) is 0.350. The minimum atomic E-state index is -0.661. The molecule has 0 amide bonds. The maximum Gasteiger partial charge on any atom is 0.359 e. The van der Waals surface area contributed by atoms with Gasteiger partial charge in [0.15, 0.2) is 12.3 Å². The molecule has 0 aliphatic carbocycles. The van der Waals surface area contributed by atoms with Crippen LogP contribution in [-0.2, 0) is 17.9 Å². The van der Waals surface area contributed by atoms with Crippen molar-refractivity contribution < 1.29 is 14.1 Å². The van der Waals surface area contributed by atoms with Crippen LogP contribution in [0.25, 0.3) is 11.4 Å². The summed E-state index contributed by atoms with van der Waals surface area (Å²) in [5.41, 5.74) is 1.83. The number of nitrogens with zero attached hydrogens (tertiary/aromatic N) is 4. The smallest absolute Gasteiger partial charge is 0.359 e. The van der Waals surface area contributed by atoms with Crippen LogP contribution >= 0.6 is 0 Å². The van der Waals surface area contributed by atoms with E-state index in [9.17, 15) is 9.59 Å². The van der Waals surface area contributed by atoms with E-state index in [2.05, 4.69) is 29.1 Å². The molecule has 0 radical (unpaired) electrons. The topological polar surface area (TPSA) is 100 Å². The van der Waals surface area contributed by atoms with Crippen molar-refractivity contribution in [3.63, 3.8) is 0 Å². The van der Waals surface area contributed by atoms with Crippen molar-refractivity contribution in [3.05, 3.63) is 63.9 Å². The summed E-state index contributed by atoms with van der Waals surface area (Å²) in [6, 6.07) is 10.5. The highest BCUT2D eigenvalue weighted by Crippen LogP contribution is 2.20. The van der Waals surface area contributed by atoms with Gasteiger partial charge >= 0.3 is 5.97 Å². The van der Waals surface area contributed by atoms with Gasteiger partial charge in [-0.25, -0.2) is 9.48 Å². The molecule has 0 aliphatic heterocycles. The lowest BCUT2D eigenvalue weighted by molar-refractivity contribution is 0.0419. The third-order valence-electron chi connectivity index (χ3n) is 4.14. The fourth-order valence-corrected chi connectivity index (χ4v) is 2.58. The van der Waals surface area contributed by atoms with Crippen LogP contribution in [0.3, 0.4) is 0 Å². The molecule has 0 unspecified atom stereocenters. The summed E-state index contributed by atoms with van der Waals surface area (Å²) in [7, 11) is 0. The van der Waals surface area contributed by atoms with Crippen molar-refractivity contribution in [2.45, 2.75) is 46.3 Å². The lowest BCUT2D eigenvalue weighted by atomic mass is 10.0. The fourth-order valence-electron chi connectivity index (χ4n) is 2.58. The Labute approximate surface area is 162 Å². The molecule has 3 rings (SSSR count). The van der Waals surface area contributed by atoms with E-state index < -0.39 is 5.97 Å². The third-order valence-corrected chi connectivity index (χ3v) is 4.14. The molecule has 28 heavy (non-hydrogen) atoms. The van der Waals surface area contributed by atoms with E-state index in [4.69, 9.17) is 9.26 Å². The van der Waals surface area contributed by atoms with Crippen molar-refractivity contribution in [1.82, 2.24) is 19.9 Å². The van der Waals surface area contributed by atoms with Gasteiger partial charge in [0, 0.05) is 18.2 Å². The summed E-state index contributed by atoms with van der Waals surface area (Å²) in [5, 5.41) is 7.94. The van der Waals surface area contributed by atoms with Gasteiger partial charge in [-0.2, -0.15) is 10.1 Å². The number of ether oxygens (including phenoxy) is 1. The molecular formula is C20H22N4O4. The molecule has 0 saturated carbocycles. The number of hydrogen-bond donors (Lipinski definition) is 0. The highest BCUT2D eigenvalue weighted by molar-refractivity contribution is 5.86. The van der Waals surface area contributed by atoms with E-state index in [1.807, 2.05) is 31.2 Å². The molecule has 0 atom stereocenters. The van der Waals surface area contributed by atoms with Gasteiger partial charge in [0.25, 0.3) is 11.4 Å². The molecule has 2 heterocycles. The van der Waals surface area contributed by atoms with Gasteiger partial charge in [-0.1, -0.05) is 50.2 Å². The molecule has 0 N–H and O–H groups in total. The average molecular weight is 382 g/mol. The number of carbonyl (C=O) groups excluding carboxylic acids is 1. The van der Waals surface area contributed by atoms with Crippen LogP contribution in [0.15, 0.2) is 45.7 Å². The van der Waals surface area contributed by atoms with Crippen molar-refractivity contribution in [2.24, 2.45) is 0 Å². The first-order valence-electron chi connectivity index (χ1n) is 9.16. The highest BCUT2D eigenvalue weighted by atomic mass is 16.6. The summed E-state index contributed by atoms with van der Waals surface area (Å²) in [5.74, 6) is 0.384. The number of aryl methyl sites for hydroxylation is 1. The monoisotopic (exact) mass is 382 g/mol. The van der Waals surface area contributed by atoms with Crippen LogP contribution in [0.4, 0.5) is 0 Å². The number of rotatable bonds is 7. The standard InChI is InChI=1S/C20H22N4O4/c1-4-11-24-18(25)10-9-16(22-24)20(26)27-12-17-21-19(23-28-17)15-7-5-14(6-8-15)13(2)3/h5-10,13H,4,11-12H2,1-3H3. The zero-order valence-corrected chi connectivity index (χ0v) is 16.1. The molecule has 0 saturated heterocycles. The first kappa shape index (κ1) is 19.5. The van der Waals surface area contributed by atoms with Gasteiger partial charge in [0.05, 0.1) is 0 Å². The first-order valence-corrected chi connectivity index (χ1v) is 9.16. The second-order valence-electron chi connectivity index (χ2n) is 6.64. The van der Waals surface area contributed by atoms with Gasteiger partial charge in [-0.3, -0.25) is 4.79 Å². The number of benzene rings is 1. The van der Waals surface area contributed by atoms with Crippen molar-refractivity contribution in [3.8, 4) is 11.4 Å². The molecule has 0 spiro atoms. The molecule has 8 nitrogen and oxygen atoms in total. The van der Waals surface area contributed by atoms with Gasteiger partial charge in [-0.15, -0.1) is 0 Å². The number of aromatic nitrogens is 4. The van der Waals surface area contributed by atoms with E-state index in [1.54, 1.807) is 0 Å². The summed E-state index contributed by atoms with van der Waals surface area (Å²) in [6.07, 6.45) is 0.730. The second-order valence-corrected chi connectivity index (χ2v) is 6.64. The molecule has 8 heteroatoms. The maximum absolute atomic E-state index is 12.2. The molecule has 0 aliphatic rings. The summed E-state index contributed by atoms with van der Waals surface area (Å²) >= 11 is 0. The average Bonchev–Trinajstić information content (AvgIpc) is 3.17. The minimum absolute atomic E-state index is 0.0528. The van der Waals surface area contributed by atoms with Crippen LogP contribution in [0.5, 0.6) is 0 Å². The third kappa shape index (κ3) is 4.51. The Kier molecular flexibility index (Phi) is 5.98. The van der Waals surface area contributed by atoms with Crippen LogP contribution in [-0.4, -0.2) is 25.9 Å². The van der Waals surface area contributed by atoms with E-state index in [0.717, 1.165) is 12.0 Å². The lowest BCUT2D eigenvalue weighted by Gasteiger charge is -2.05. The number of carbonyl (C=O) groups is 1. The minimum Gasteiger partial charge on any atom is -0.451 e. The van der Waals surface area contributed by atoms with E-state index in [0.29, 0.717) is 18.3 Å². The van der Waals surface area contributed by atoms with Crippen LogP contribution < -0.4 is 5.56 Å². The Morgan fingerprint density at radius 2 is 1.93 bits per heavy atom. The predicted octanol–water partition coefficient (Wildman–Crippen LogP) is 3.18. The summed E-state index contributed by atoms with van der Waals surface area (Å²) < 4.78 is 11.6. The normalized spacial score (nSPS) is 11.0. The van der Waals surface area contributed by atoms with Gasteiger partial charge in [0.1, 0.15) is 0 Å². The van der Waals surface area contributed by atoms with E-state index in [1.165, 1.54) is 22.4 Å².